The lowest BCUT2D eigenvalue weighted by Gasteiger charge is -2.14. The third-order valence-corrected chi connectivity index (χ3v) is 6.72. The van der Waals surface area contributed by atoms with E-state index in [1.54, 1.807) is 19.1 Å². The van der Waals surface area contributed by atoms with E-state index in [1.165, 1.54) is 17.1 Å². The minimum absolute atomic E-state index is 0.216. The van der Waals surface area contributed by atoms with Crippen molar-refractivity contribution in [1.82, 2.24) is 5.32 Å². The van der Waals surface area contributed by atoms with E-state index in [0.29, 0.717) is 10.1 Å². The van der Waals surface area contributed by atoms with E-state index >= 15 is 0 Å². The quantitative estimate of drug-likeness (QED) is 0.837. The number of rotatable bonds is 5. The first-order valence-corrected chi connectivity index (χ1v) is 9.58. The first-order chi connectivity index (χ1) is 10.6. The molecule has 1 heterocycles. The van der Waals surface area contributed by atoms with E-state index in [9.17, 15) is 9.59 Å². The van der Waals surface area contributed by atoms with Crippen LogP contribution in [-0.2, 0) is 9.53 Å². The fourth-order valence-electron chi connectivity index (χ4n) is 2.16. The summed E-state index contributed by atoms with van der Waals surface area (Å²) in [5, 5.41) is 2.83. The largest absolute Gasteiger partial charge is 0.449 e. The van der Waals surface area contributed by atoms with Crippen molar-refractivity contribution in [3.63, 3.8) is 0 Å². The molecule has 3 rings (SSSR count). The van der Waals surface area contributed by atoms with E-state index in [2.05, 4.69) is 5.32 Å². The predicted octanol–water partition coefficient (Wildman–Crippen LogP) is 2.99. The van der Waals surface area contributed by atoms with Gasteiger partial charge in [0.2, 0.25) is 0 Å². The molecule has 1 amide bonds. The van der Waals surface area contributed by atoms with Crippen molar-refractivity contribution in [2.24, 2.45) is 0 Å². The molecule has 0 unspecified atom stereocenters. The standard InChI is InChI=1S/C16H19NO3S2/c1-10(14(18)17-13-6-7-13)20-15(19)11-2-4-12(5-3-11)16-21-8-9-22-16/h2-5,10,13,16H,6-9H2,1H3,(H,17,18)/t10-/m1/s1. The summed E-state index contributed by atoms with van der Waals surface area (Å²) >= 11 is 3.86. The van der Waals surface area contributed by atoms with Gasteiger partial charge in [-0.3, -0.25) is 4.79 Å². The monoisotopic (exact) mass is 337 g/mol. The highest BCUT2D eigenvalue weighted by Gasteiger charge is 2.27. The summed E-state index contributed by atoms with van der Waals surface area (Å²) in [7, 11) is 0. The number of carbonyl (C=O) groups is 2. The van der Waals surface area contributed by atoms with E-state index in [1.807, 2.05) is 35.7 Å². The molecule has 118 valence electrons. The van der Waals surface area contributed by atoms with Gasteiger partial charge in [-0.15, -0.1) is 23.5 Å². The van der Waals surface area contributed by atoms with Gasteiger partial charge in [-0.2, -0.15) is 0 Å². The number of esters is 1. The second-order valence-electron chi connectivity index (χ2n) is 5.53. The molecule has 22 heavy (non-hydrogen) atoms. The van der Waals surface area contributed by atoms with Gasteiger partial charge in [-0.05, 0) is 37.5 Å². The third kappa shape index (κ3) is 3.98. The number of benzene rings is 1. The summed E-state index contributed by atoms with van der Waals surface area (Å²) in [6.45, 7) is 1.61. The highest BCUT2D eigenvalue weighted by atomic mass is 32.2. The number of amides is 1. The van der Waals surface area contributed by atoms with Gasteiger partial charge in [0, 0.05) is 17.5 Å². The van der Waals surface area contributed by atoms with Gasteiger partial charge < -0.3 is 10.1 Å². The lowest BCUT2D eigenvalue weighted by atomic mass is 10.1. The molecule has 0 spiro atoms. The van der Waals surface area contributed by atoms with Crippen LogP contribution in [0.3, 0.4) is 0 Å². The van der Waals surface area contributed by atoms with Gasteiger partial charge in [0.15, 0.2) is 6.10 Å². The Hall–Kier alpha value is -1.14. The minimum atomic E-state index is -0.756. The van der Waals surface area contributed by atoms with Gasteiger partial charge in [0.1, 0.15) is 0 Å². The first kappa shape index (κ1) is 15.7. The van der Waals surface area contributed by atoms with E-state index in [-0.39, 0.29) is 11.9 Å². The zero-order valence-corrected chi connectivity index (χ0v) is 14.0. The second-order valence-corrected chi connectivity index (χ2v) is 8.25. The summed E-state index contributed by atoms with van der Waals surface area (Å²) in [4.78, 5) is 23.9. The van der Waals surface area contributed by atoms with E-state index in [4.69, 9.17) is 4.74 Å². The average molecular weight is 337 g/mol. The van der Waals surface area contributed by atoms with Crippen molar-refractivity contribution in [3.05, 3.63) is 35.4 Å². The molecule has 1 saturated carbocycles. The molecule has 1 atom stereocenters. The van der Waals surface area contributed by atoms with Crippen LogP contribution in [0.15, 0.2) is 24.3 Å². The fraction of sp³-hybridized carbons (Fsp3) is 0.500. The van der Waals surface area contributed by atoms with Crippen molar-refractivity contribution in [3.8, 4) is 0 Å². The van der Waals surface area contributed by atoms with Crippen LogP contribution < -0.4 is 5.32 Å². The summed E-state index contributed by atoms with van der Waals surface area (Å²) in [6.07, 6.45) is 1.28. The number of hydrogen-bond donors (Lipinski definition) is 1. The Labute approximate surface area is 138 Å². The molecular formula is C16H19NO3S2. The molecule has 1 aliphatic heterocycles. The highest BCUT2D eigenvalue weighted by Crippen LogP contribution is 2.45. The van der Waals surface area contributed by atoms with Gasteiger partial charge in [0.25, 0.3) is 5.91 Å². The van der Waals surface area contributed by atoms with E-state index < -0.39 is 12.1 Å². The normalized spacial score (nSPS) is 19.7. The Bertz CT molecular complexity index is 551. The third-order valence-electron chi connectivity index (χ3n) is 3.62. The van der Waals surface area contributed by atoms with Crippen LogP contribution in [0.1, 0.15) is 40.3 Å². The number of hydrogen-bond acceptors (Lipinski definition) is 5. The number of thioether (sulfide) groups is 2. The molecule has 0 aromatic heterocycles. The van der Waals surface area contributed by atoms with Crippen LogP contribution in [0, 0.1) is 0 Å². The molecule has 1 aliphatic carbocycles. The maximum absolute atomic E-state index is 12.1. The highest BCUT2D eigenvalue weighted by molar-refractivity contribution is 8.19. The molecule has 6 heteroatoms. The molecule has 4 nitrogen and oxygen atoms in total. The summed E-state index contributed by atoms with van der Waals surface area (Å²) in [5.74, 6) is 1.68. The number of nitrogens with one attached hydrogen (secondary N) is 1. The first-order valence-electron chi connectivity index (χ1n) is 7.48. The molecule has 0 radical (unpaired) electrons. The lowest BCUT2D eigenvalue weighted by Crippen LogP contribution is -2.37. The number of carbonyl (C=O) groups excluding carboxylic acids is 2. The van der Waals surface area contributed by atoms with Gasteiger partial charge in [0.05, 0.1) is 10.1 Å². The Morgan fingerprint density at radius 2 is 1.82 bits per heavy atom. The Balaban J connectivity index is 1.55. The zero-order chi connectivity index (χ0) is 15.5. The second kappa shape index (κ2) is 6.96. The van der Waals surface area contributed by atoms with Crippen molar-refractivity contribution in [2.45, 2.75) is 36.5 Å². The molecule has 1 aromatic rings. The van der Waals surface area contributed by atoms with Crippen LogP contribution in [0.5, 0.6) is 0 Å². The van der Waals surface area contributed by atoms with Gasteiger partial charge in [-0.1, -0.05) is 12.1 Å². The van der Waals surface area contributed by atoms with Gasteiger partial charge in [-0.25, -0.2) is 4.79 Å². The molecule has 2 fully saturated rings. The number of ether oxygens (including phenoxy) is 1. The lowest BCUT2D eigenvalue weighted by molar-refractivity contribution is -0.129. The Morgan fingerprint density at radius 3 is 2.41 bits per heavy atom. The minimum Gasteiger partial charge on any atom is -0.449 e. The van der Waals surface area contributed by atoms with Crippen LogP contribution >= 0.6 is 23.5 Å². The fourth-order valence-corrected chi connectivity index (χ4v) is 5.01. The van der Waals surface area contributed by atoms with Crippen LogP contribution in [0.2, 0.25) is 0 Å². The molecule has 2 aliphatic rings. The summed E-state index contributed by atoms with van der Waals surface area (Å²) in [6, 6.07) is 7.78. The van der Waals surface area contributed by atoms with Gasteiger partial charge >= 0.3 is 5.97 Å². The maximum atomic E-state index is 12.1. The SMILES string of the molecule is C[C@@H](OC(=O)c1ccc(C2SCCS2)cc1)C(=O)NC1CC1. The average Bonchev–Trinajstić information content (AvgIpc) is 3.17. The molecule has 1 N–H and O–H groups in total. The van der Waals surface area contributed by atoms with Crippen LogP contribution in [0.25, 0.3) is 0 Å². The molecule has 0 bridgehead atoms. The van der Waals surface area contributed by atoms with Crippen LogP contribution in [-0.4, -0.2) is 35.5 Å². The van der Waals surface area contributed by atoms with Crippen LogP contribution in [0.4, 0.5) is 0 Å². The topological polar surface area (TPSA) is 55.4 Å². The van der Waals surface area contributed by atoms with Crippen molar-refractivity contribution < 1.29 is 14.3 Å². The van der Waals surface area contributed by atoms with Crippen molar-refractivity contribution in [2.75, 3.05) is 11.5 Å². The molecule has 1 aromatic carbocycles. The maximum Gasteiger partial charge on any atom is 0.338 e. The Morgan fingerprint density at radius 1 is 1.18 bits per heavy atom. The Kier molecular flexibility index (Phi) is 4.98. The summed E-state index contributed by atoms with van der Waals surface area (Å²) in [5.41, 5.74) is 1.71. The zero-order valence-electron chi connectivity index (χ0n) is 12.4. The van der Waals surface area contributed by atoms with Crippen molar-refractivity contribution >= 4 is 35.4 Å². The molecular weight excluding hydrogens is 318 g/mol. The van der Waals surface area contributed by atoms with E-state index in [0.717, 1.165) is 12.8 Å². The van der Waals surface area contributed by atoms with Crippen molar-refractivity contribution in [1.29, 1.82) is 0 Å². The smallest absolute Gasteiger partial charge is 0.338 e. The molecule has 1 saturated heterocycles. The summed E-state index contributed by atoms with van der Waals surface area (Å²) < 4.78 is 5.70. The predicted molar refractivity (Wildman–Crippen MR) is 90.1 cm³/mol.